The summed E-state index contributed by atoms with van der Waals surface area (Å²) in [5, 5.41) is 8.59. The van der Waals surface area contributed by atoms with Gasteiger partial charge in [-0.1, -0.05) is 30.3 Å². The molecule has 0 aliphatic carbocycles. The van der Waals surface area contributed by atoms with Crippen LogP contribution in [0, 0.1) is 0 Å². The second-order valence-corrected chi connectivity index (χ2v) is 3.74. The molecule has 0 fully saturated rings. The maximum atomic E-state index is 12.9. The molecule has 18 heavy (non-hydrogen) atoms. The van der Waals surface area contributed by atoms with Gasteiger partial charge in [-0.2, -0.15) is 26.3 Å². The third kappa shape index (κ3) is 2.31. The fourth-order valence-corrected chi connectivity index (χ4v) is 1.81. The van der Waals surface area contributed by atoms with Crippen LogP contribution in [0.4, 0.5) is 26.3 Å². The molecule has 1 aromatic carbocycles. The molecule has 0 saturated carbocycles. The van der Waals surface area contributed by atoms with E-state index in [0.29, 0.717) is 0 Å². The third-order valence-corrected chi connectivity index (χ3v) is 2.72. The van der Waals surface area contributed by atoms with E-state index < -0.39 is 36.4 Å². The first-order valence-electron chi connectivity index (χ1n) is 4.96. The summed E-state index contributed by atoms with van der Waals surface area (Å²) in [6, 6.07) is 5.03. The Kier molecular flexibility index (Phi) is 3.95. The summed E-state index contributed by atoms with van der Waals surface area (Å²) in [6.45, 7) is -1.21. The molecule has 0 radical (unpaired) electrons. The minimum Gasteiger partial charge on any atom is -0.396 e. The molecule has 0 aliphatic rings. The Morgan fingerprint density at radius 2 is 1.28 bits per heavy atom. The van der Waals surface area contributed by atoms with Crippen LogP contribution in [-0.4, -0.2) is 24.1 Å². The van der Waals surface area contributed by atoms with Crippen LogP contribution in [0.1, 0.15) is 12.0 Å². The highest BCUT2D eigenvalue weighted by Crippen LogP contribution is 2.53. The van der Waals surface area contributed by atoms with Crippen LogP contribution in [0.15, 0.2) is 30.3 Å². The Morgan fingerprint density at radius 3 is 1.61 bits per heavy atom. The van der Waals surface area contributed by atoms with E-state index in [-0.39, 0.29) is 0 Å². The van der Waals surface area contributed by atoms with Crippen LogP contribution < -0.4 is 0 Å². The maximum Gasteiger partial charge on any atom is 0.407 e. The Hall–Kier alpha value is -1.24. The Bertz CT molecular complexity index is 367. The summed E-state index contributed by atoms with van der Waals surface area (Å²) in [6.07, 6.45) is -12.5. The number of rotatable bonds is 3. The van der Waals surface area contributed by atoms with E-state index in [4.69, 9.17) is 5.11 Å². The topological polar surface area (TPSA) is 20.2 Å². The van der Waals surface area contributed by atoms with Crippen molar-refractivity contribution in [3.05, 3.63) is 35.9 Å². The average Bonchev–Trinajstić information content (AvgIpc) is 2.23. The van der Waals surface area contributed by atoms with Crippen LogP contribution in [0.2, 0.25) is 0 Å². The highest BCUT2D eigenvalue weighted by Gasteiger charge is 2.70. The van der Waals surface area contributed by atoms with Gasteiger partial charge in [-0.15, -0.1) is 0 Å². The van der Waals surface area contributed by atoms with E-state index in [1.165, 1.54) is 6.07 Å². The molecule has 102 valence electrons. The summed E-state index contributed by atoms with van der Waals surface area (Å²) in [5.74, 6) is 0. The number of halogens is 6. The summed E-state index contributed by atoms with van der Waals surface area (Å²) in [7, 11) is 0. The molecular weight excluding hydrogens is 262 g/mol. The van der Waals surface area contributed by atoms with E-state index in [0.717, 1.165) is 24.3 Å². The largest absolute Gasteiger partial charge is 0.407 e. The van der Waals surface area contributed by atoms with Gasteiger partial charge in [0.05, 0.1) is 0 Å². The van der Waals surface area contributed by atoms with Gasteiger partial charge in [-0.05, 0) is 12.0 Å². The van der Waals surface area contributed by atoms with E-state index in [9.17, 15) is 26.3 Å². The van der Waals surface area contributed by atoms with Crippen LogP contribution in [-0.2, 0) is 5.41 Å². The lowest BCUT2D eigenvalue weighted by atomic mass is 9.76. The Labute approximate surface area is 99.0 Å². The van der Waals surface area contributed by atoms with Crippen molar-refractivity contribution in [2.45, 2.75) is 24.2 Å². The normalized spacial score (nSPS) is 13.7. The minimum absolute atomic E-state index is 0.761. The number of aliphatic hydroxyl groups excluding tert-OH is 1. The van der Waals surface area contributed by atoms with Crippen LogP contribution in [0.3, 0.4) is 0 Å². The maximum absolute atomic E-state index is 12.9. The zero-order chi connectivity index (χ0) is 14.0. The first kappa shape index (κ1) is 14.8. The lowest BCUT2D eigenvalue weighted by Crippen LogP contribution is -2.54. The zero-order valence-electron chi connectivity index (χ0n) is 9.02. The highest BCUT2D eigenvalue weighted by molar-refractivity contribution is 5.30. The SMILES string of the molecule is OCCC(c1ccccc1)(C(F)(F)F)C(F)(F)F. The van der Waals surface area contributed by atoms with Gasteiger partial charge < -0.3 is 5.11 Å². The molecule has 7 heteroatoms. The molecule has 1 aromatic rings. The number of alkyl halides is 6. The van der Waals surface area contributed by atoms with Crippen molar-refractivity contribution in [1.82, 2.24) is 0 Å². The quantitative estimate of drug-likeness (QED) is 0.836. The van der Waals surface area contributed by atoms with Gasteiger partial charge in [0.1, 0.15) is 0 Å². The van der Waals surface area contributed by atoms with Gasteiger partial charge in [0.2, 0.25) is 0 Å². The van der Waals surface area contributed by atoms with Gasteiger partial charge >= 0.3 is 12.4 Å². The zero-order valence-corrected chi connectivity index (χ0v) is 9.02. The summed E-state index contributed by atoms with van der Waals surface area (Å²) < 4.78 is 77.5. The van der Waals surface area contributed by atoms with Crippen molar-refractivity contribution in [2.75, 3.05) is 6.61 Å². The lowest BCUT2D eigenvalue weighted by Gasteiger charge is -2.37. The van der Waals surface area contributed by atoms with Gasteiger partial charge in [0.15, 0.2) is 5.41 Å². The third-order valence-electron chi connectivity index (χ3n) is 2.72. The molecule has 0 saturated heterocycles. The van der Waals surface area contributed by atoms with Crippen molar-refractivity contribution in [1.29, 1.82) is 0 Å². The monoisotopic (exact) mass is 272 g/mol. The van der Waals surface area contributed by atoms with Crippen LogP contribution >= 0.6 is 0 Å². The number of hydrogen-bond donors (Lipinski definition) is 1. The fraction of sp³-hybridized carbons (Fsp3) is 0.455. The summed E-state index contributed by atoms with van der Waals surface area (Å²) >= 11 is 0. The molecule has 0 heterocycles. The van der Waals surface area contributed by atoms with Crippen molar-refractivity contribution in [3.63, 3.8) is 0 Å². The van der Waals surface area contributed by atoms with Gasteiger partial charge in [-0.3, -0.25) is 0 Å². The van der Waals surface area contributed by atoms with Gasteiger partial charge in [0.25, 0.3) is 0 Å². The van der Waals surface area contributed by atoms with Crippen LogP contribution in [0.5, 0.6) is 0 Å². The summed E-state index contributed by atoms with van der Waals surface area (Å²) in [5.41, 5.74) is -4.95. The predicted octanol–water partition coefficient (Wildman–Crippen LogP) is 3.43. The van der Waals surface area contributed by atoms with Gasteiger partial charge in [0, 0.05) is 6.61 Å². The molecule has 1 rings (SSSR count). The Balaban J connectivity index is 3.50. The van der Waals surface area contributed by atoms with Crippen LogP contribution in [0.25, 0.3) is 0 Å². The molecule has 0 unspecified atom stereocenters. The van der Waals surface area contributed by atoms with E-state index in [1.807, 2.05) is 0 Å². The van der Waals surface area contributed by atoms with Gasteiger partial charge in [-0.25, -0.2) is 0 Å². The average molecular weight is 272 g/mol. The fourth-order valence-electron chi connectivity index (χ4n) is 1.81. The van der Waals surface area contributed by atoms with Crippen molar-refractivity contribution in [3.8, 4) is 0 Å². The second-order valence-electron chi connectivity index (χ2n) is 3.74. The molecule has 0 bridgehead atoms. The van der Waals surface area contributed by atoms with E-state index >= 15 is 0 Å². The molecule has 1 N–H and O–H groups in total. The molecular formula is C11H10F6O. The minimum atomic E-state index is -5.53. The number of aliphatic hydroxyl groups is 1. The highest BCUT2D eigenvalue weighted by atomic mass is 19.4. The summed E-state index contributed by atoms with van der Waals surface area (Å²) in [4.78, 5) is 0. The van der Waals surface area contributed by atoms with E-state index in [2.05, 4.69) is 0 Å². The molecule has 0 aromatic heterocycles. The molecule has 0 spiro atoms. The second kappa shape index (κ2) is 4.79. The Morgan fingerprint density at radius 1 is 0.833 bits per heavy atom. The van der Waals surface area contributed by atoms with E-state index in [1.54, 1.807) is 0 Å². The first-order valence-corrected chi connectivity index (χ1v) is 4.96. The molecule has 0 amide bonds. The molecule has 1 nitrogen and oxygen atoms in total. The number of benzene rings is 1. The molecule has 0 aliphatic heterocycles. The lowest BCUT2D eigenvalue weighted by molar-refractivity contribution is -0.306. The smallest absolute Gasteiger partial charge is 0.396 e. The van der Waals surface area contributed by atoms with Crippen molar-refractivity contribution in [2.24, 2.45) is 0 Å². The van der Waals surface area contributed by atoms with Crippen molar-refractivity contribution >= 4 is 0 Å². The standard InChI is InChI=1S/C11H10F6O/c12-10(13,14)9(6-7-18,11(15,16)17)8-4-2-1-3-5-8/h1-5,18H,6-7H2. The first-order chi connectivity index (χ1) is 8.17. The predicted molar refractivity (Wildman–Crippen MR) is 51.9 cm³/mol. The molecule has 0 atom stereocenters. The number of hydrogen-bond acceptors (Lipinski definition) is 1. The van der Waals surface area contributed by atoms with Crippen molar-refractivity contribution < 1.29 is 31.4 Å².